The molecule has 0 aromatic heterocycles. The Balaban J connectivity index is 2.85. The summed E-state index contributed by atoms with van der Waals surface area (Å²) >= 11 is 0. The van der Waals surface area contributed by atoms with Gasteiger partial charge in [-0.3, -0.25) is 0 Å². The van der Waals surface area contributed by atoms with Gasteiger partial charge in [-0.05, 0) is 25.3 Å². The van der Waals surface area contributed by atoms with Gasteiger partial charge in [0.2, 0.25) is 0 Å². The summed E-state index contributed by atoms with van der Waals surface area (Å²) in [6, 6.07) is 0. The predicted molar refractivity (Wildman–Crippen MR) is 62.7 cm³/mol. The molecule has 0 spiro atoms. The van der Waals surface area contributed by atoms with Gasteiger partial charge in [0, 0.05) is 13.2 Å². The Kier molecular flexibility index (Phi) is 10.9. The van der Waals surface area contributed by atoms with E-state index in [1.54, 1.807) is 0 Å². The Hall–Kier alpha value is -0.0800. The van der Waals surface area contributed by atoms with Gasteiger partial charge in [0.1, 0.15) is 0 Å². The normalized spacial score (nSPS) is 11.1. The summed E-state index contributed by atoms with van der Waals surface area (Å²) in [5.74, 6) is 0.799. The third kappa shape index (κ3) is 11.9. The van der Waals surface area contributed by atoms with Crippen LogP contribution >= 0.6 is 0 Å². The molecule has 0 unspecified atom stereocenters. The third-order valence-electron chi connectivity index (χ3n) is 2.21. The van der Waals surface area contributed by atoms with Crippen LogP contribution in [0.1, 0.15) is 46.5 Å². The van der Waals surface area contributed by atoms with E-state index in [-0.39, 0.29) is 0 Å². The zero-order valence-electron chi connectivity index (χ0n) is 10.1. The van der Waals surface area contributed by atoms with Gasteiger partial charge in [0.25, 0.3) is 0 Å². The summed E-state index contributed by atoms with van der Waals surface area (Å²) in [6.07, 6.45) is 5.04. The van der Waals surface area contributed by atoms with Crippen LogP contribution in [0.25, 0.3) is 0 Å². The number of rotatable bonds is 10. The van der Waals surface area contributed by atoms with Gasteiger partial charge in [0.05, 0.1) is 6.61 Å². The minimum absolute atomic E-state index is 0.799. The first-order chi connectivity index (χ1) is 6.77. The summed E-state index contributed by atoms with van der Waals surface area (Å²) in [5.41, 5.74) is 0. The third-order valence-corrected chi connectivity index (χ3v) is 2.21. The highest BCUT2D eigenvalue weighted by Gasteiger charge is 1.93. The van der Waals surface area contributed by atoms with Crippen molar-refractivity contribution < 1.29 is 4.74 Å². The molecule has 1 N–H and O–H groups in total. The van der Waals surface area contributed by atoms with Gasteiger partial charge in [-0.15, -0.1) is 0 Å². The summed E-state index contributed by atoms with van der Waals surface area (Å²) in [5, 5.41) is 3.38. The fourth-order valence-corrected chi connectivity index (χ4v) is 1.22. The molecule has 0 atom stereocenters. The van der Waals surface area contributed by atoms with Gasteiger partial charge in [-0.1, -0.05) is 33.6 Å². The monoisotopic (exact) mass is 201 g/mol. The van der Waals surface area contributed by atoms with Crippen molar-refractivity contribution in [3.8, 4) is 0 Å². The topological polar surface area (TPSA) is 21.3 Å². The summed E-state index contributed by atoms with van der Waals surface area (Å²) in [4.78, 5) is 0. The Labute approximate surface area is 89.4 Å². The molecule has 0 aliphatic carbocycles. The predicted octanol–water partition coefficient (Wildman–Crippen LogP) is 2.83. The van der Waals surface area contributed by atoms with Crippen LogP contribution in [0.4, 0.5) is 0 Å². The van der Waals surface area contributed by atoms with E-state index in [4.69, 9.17) is 4.74 Å². The molecule has 14 heavy (non-hydrogen) atoms. The molecule has 0 aromatic rings. The van der Waals surface area contributed by atoms with Crippen LogP contribution in [0.2, 0.25) is 0 Å². The first-order valence-corrected chi connectivity index (χ1v) is 6.05. The van der Waals surface area contributed by atoms with Crippen molar-refractivity contribution in [2.75, 3.05) is 26.3 Å². The average Bonchev–Trinajstić information content (AvgIpc) is 2.15. The number of hydrogen-bond donors (Lipinski definition) is 1. The maximum Gasteiger partial charge on any atom is 0.0590 e. The maximum atomic E-state index is 5.48. The zero-order valence-corrected chi connectivity index (χ0v) is 10.1. The standard InChI is InChI=1S/C12H27NO/c1-4-5-6-10-14-11-9-13-8-7-12(2)3/h12-13H,4-11H2,1-3H3. The van der Waals surface area contributed by atoms with E-state index in [2.05, 4.69) is 26.1 Å². The van der Waals surface area contributed by atoms with Crippen LogP contribution in [-0.4, -0.2) is 26.3 Å². The van der Waals surface area contributed by atoms with Crippen LogP contribution in [0.15, 0.2) is 0 Å². The highest BCUT2D eigenvalue weighted by atomic mass is 16.5. The van der Waals surface area contributed by atoms with Crippen LogP contribution in [0, 0.1) is 5.92 Å². The fraction of sp³-hybridized carbons (Fsp3) is 1.00. The van der Waals surface area contributed by atoms with Crippen molar-refractivity contribution in [2.45, 2.75) is 46.5 Å². The smallest absolute Gasteiger partial charge is 0.0590 e. The molecule has 2 heteroatoms. The zero-order chi connectivity index (χ0) is 10.6. The Bertz CT molecular complexity index is 104. The lowest BCUT2D eigenvalue weighted by atomic mass is 10.1. The van der Waals surface area contributed by atoms with E-state index in [0.717, 1.165) is 32.2 Å². The van der Waals surface area contributed by atoms with Gasteiger partial charge in [-0.25, -0.2) is 0 Å². The lowest BCUT2D eigenvalue weighted by Crippen LogP contribution is -2.22. The lowest BCUT2D eigenvalue weighted by Gasteiger charge is -2.07. The summed E-state index contributed by atoms with van der Waals surface area (Å²) in [7, 11) is 0. The molecular formula is C12H27NO. The molecule has 0 saturated carbocycles. The van der Waals surface area contributed by atoms with Crippen molar-refractivity contribution in [1.29, 1.82) is 0 Å². The van der Waals surface area contributed by atoms with Gasteiger partial charge < -0.3 is 10.1 Å². The van der Waals surface area contributed by atoms with E-state index in [1.165, 1.54) is 25.7 Å². The molecular weight excluding hydrogens is 174 g/mol. The van der Waals surface area contributed by atoms with E-state index < -0.39 is 0 Å². The fourth-order valence-electron chi connectivity index (χ4n) is 1.22. The molecule has 0 amide bonds. The van der Waals surface area contributed by atoms with Crippen LogP contribution in [0.5, 0.6) is 0 Å². The Morgan fingerprint density at radius 2 is 1.86 bits per heavy atom. The number of ether oxygens (including phenoxy) is 1. The van der Waals surface area contributed by atoms with E-state index in [9.17, 15) is 0 Å². The minimum atomic E-state index is 0.799. The molecule has 86 valence electrons. The van der Waals surface area contributed by atoms with Crippen molar-refractivity contribution in [2.24, 2.45) is 5.92 Å². The van der Waals surface area contributed by atoms with E-state index in [0.29, 0.717) is 0 Å². The molecule has 0 fully saturated rings. The molecule has 0 radical (unpaired) electrons. The first kappa shape index (κ1) is 13.9. The average molecular weight is 201 g/mol. The molecule has 0 heterocycles. The van der Waals surface area contributed by atoms with Crippen LogP contribution < -0.4 is 5.32 Å². The molecule has 0 aromatic carbocycles. The quantitative estimate of drug-likeness (QED) is 0.549. The second kappa shape index (κ2) is 11.0. The highest BCUT2D eigenvalue weighted by Crippen LogP contribution is 1.96. The Morgan fingerprint density at radius 3 is 2.50 bits per heavy atom. The summed E-state index contributed by atoms with van der Waals surface area (Å²) in [6.45, 7) is 10.6. The highest BCUT2D eigenvalue weighted by molar-refractivity contribution is 4.50. The van der Waals surface area contributed by atoms with Gasteiger partial charge in [0.15, 0.2) is 0 Å². The summed E-state index contributed by atoms with van der Waals surface area (Å²) < 4.78 is 5.48. The first-order valence-electron chi connectivity index (χ1n) is 6.05. The lowest BCUT2D eigenvalue weighted by molar-refractivity contribution is 0.132. The van der Waals surface area contributed by atoms with Crippen LogP contribution in [-0.2, 0) is 4.74 Å². The SMILES string of the molecule is CCCCCOCCNCCC(C)C. The van der Waals surface area contributed by atoms with Gasteiger partial charge >= 0.3 is 0 Å². The van der Waals surface area contributed by atoms with Crippen molar-refractivity contribution in [1.82, 2.24) is 5.32 Å². The molecule has 0 aliphatic rings. The minimum Gasteiger partial charge on any atom is -0.380 e. The number of unbranched alkanes of at least 4 members (excludes halogenated alkanes) is 2. The van der Waals surface area contributed by atoms with Gasteiger partial charge in [-0.2, -0.15) is 0 Å². The molecule has 0 bridgehead atoms. The largest absolute Gasteiger partial charge is 0.380 e. The molecule has 2 nitrogen and oxygen atoms in total. The van der Waals surface area contributed by atoms with E-state index >= 15 is 0 Å². The molecule has 0 rings (SSSR count). The van der Waals surface area contributed by atoms with Crippen LogP contribution in [0.3, 0.4) is 0 Å². The van der Waals surface area contributed by atoms with E-state index in [1.807, 2.05) is 0 Å². The molecule has 0 saturated heterocycles. The van der Waals surface area contributed by atoms with Crippen molar-refractivity contribution >= 4 is 0 Å². The number of nitrogens with one attached hydrogen (secondary N) is 1. The van der Waals surface area contributed by atoms with Crippen molar-refractivity contribution in [3.63, 3.8) is 0 Å². The van der Waals surface area contributed by atoms with Crippen molar-refractivity contribution in [3.05, 3.63) is 0 Å². The Morgan fingerprint density at radius 1 is 1.07 bits per heavy atom. The maximum absolute atomic E-state index is 5.48. The second-order valence-corrected chi connectivity index (χ2v) is 4.25. The molecule has 0 aliphatic heterocycles. The number of hydrogen-bond acceptors (Lipinski definition) is 2. The second-order valence-electron chi connectivity index (χ2n) is 4.25.